The number of piperidine rings is 1. The van der Waals surface area contributed by atoms with Crippen LogP contribution in [0.2, 0.25) is 0 Å². The molecule has 2 aromatic carbocycles. The van der Waals surface area contributed by atoms with Crippen LogP contribution in [0.1, 0.15) is 51.2 Å². The number of carbonyl (C=O) groups is 3. The number of benzene rings is 2. The zero-order chi connectivity index (χ0) is 27.3. The molecule has 0 saturated carbocycles. The maximum Gasteiger partial charge on any atom is 0.322 e. The Morgan fingerprint density at radius 2 is 1.85 bits per heavy atom. The van der Waals surface area contributed by atoms with Gasteiger partial charge in [0.2, 0.25) is 11.8 Å². The molecule has 0 radical (unpaired) electrons. The summed E-state index contributed by atoms with van der Waals surface area (Å²) in [6.07, 6.45) is 3.98. The Bertz CT molecular complexity index is 1430. The van der Waals surface area contributed by atoms with Crippen molar-refractivity contribution in [1.82, 2.24) is 20.0 Å². The van der Waals surface area contributed by atoms with Crippen molar-refractivity contribution >= 4 is 40.1 Å². The molecule has 3 aliphatic heterocycles. The van der Waals surface area contributed by atoms with Crippen molar-refractivity contribution in [2.24, 2.45) is 11.3 Å². The minimum absolute atomic E-state index is 0.0158. The van der Waals surface area contributed by atoms with Crippen LogP contribution in [0.4, 0.5) is 16.2 Å². The van der Waals surface area contributed by atoms with E-state index in [-0.39, 0.29) is 35.7 Å². The zero-order valence-electron chi connectivity index (χ0n) is 22.9. The van der Waals surface area contributed by atoms with Gasteiger partial charge >= 0.3 is 6.03 Å². The Kier molecular flexibility index (Phi) is 6.32. The Morgan fingerprint density at radius 3 is 2.62 bits per heavy atom. The van der Waals surface area contributed by atoms with E-state index in [4.69, 9.17) is 0 Å². The van der Waals surface area contributed by atoms with Gasteiger partial charge in [0, 0.05) is 55.4 Å². The molecule has 1 unspecified atom stereocenters. The monoisotopic (exact) mass is 528 g/mol. The minimum atomic E-state index is -0.394. The van der Waals surface area contributed by atoms with Crippen molar-refractivity contribution in [3.63, 3.8) is 0 Å². The first kappa shape index (κ1) is 25.4. The smallest absolute Gasteiger partial charge is 0.322 e. The summed E-state index contributed by atoms with van der Waals surface area (Å²) < 4.78 is 0. The molecule has 6 rings (SSSR count). The molecule has 2 N–H and O–H groups in total. The number of para-hydroxylation sites is 1. The standard InChI is InChI=1S/C30H36N6O3/c1-30(2,3)18-36-26-14-22-16-31-33-25(22)13-20(26)12-21(28(36)38)15-27(37)34-10-8-23(9-11-34)35-17-19-6-4-5-7-24(19)32-29(35)39/h4-7,13-14,16,21,23H,8-12,15,17-18H2,1-3H3,(H,31,33)(H,32,39). The number of hydrogen-bond donors (Lipinski definition) is 2. The molecule has 4 amide bonds. The molecule has 3 aliphatic rings. The SMILES string of the molecule is CC(C)(C)CN1C(=O)C(CC(=O)N2CCC(N3Cc4ccccc4NC3=O)CC2)Cc2cc3[nH]ncc3cc21. The van der Waals surface area contributed by atoms with Crippen LogP contribution in [0.25, 0.3) is 10.9 Å². The number of likely N-dealkylation sites (tertiary alicyclic amines) is 1. The molecular weight excluding hydrogens is 492 g/mol. The van der Waals surface area contributed by atoms with Crippen molar-refractivity contribution in [2.45, 2.75) is 59.0 Å². The second-order valence-electron chi connectivity index (χ2n) is 12.4. The van der Waals surface area contributed by atoms with E-state index in [0.717, 1.165) is 46.2 Å². The van der Waals surface area contributed by atoms with E-state index < -0.39 is 5.92 Å². The first-order chi connectivity index (χ1) is 18.7. The van der Waals surface area contributed by atoms with Gasteiger partial charge in [-0.3, -0.25) is 14.7 Å². The van der Waals surface area contributed by atoms with Gasteiger partial charge in [-0.1, -0.05) is 39.0 Å². The van der Waals surface area contributed by atoms with Gasteiger partial charge in [-0.15, -0.1) is 0 Å². The Balaban J connectivity index is 1.13. The van der Waals surface area contributed by atoms with Gasteiger partial charge in [0.25, 0.3) is 0 Å². The largest absolute Gasteiger partial charge is 0.343 e. The molecule has 3 aromatic rings. The predicted molar refractivity (Wildman–Crippen MR) is 150 cm³/mol. The quantitative estimate of drug-likeness (QED) is 0.519. The molecule has 0 bridgehead atoms. The number of urea groups is 1. The van der Waals surface area contributed by atoms with Gasteiger partial charge < -0.3 is 20.0 Å². The number of fused-ring (bicyclic) bond motifs is 3. The van der Waals surface area contributed by atoms with Gasteiger partial charge in [0.15, 0.2) is 0 Å². The summed E-state index contributed by atoms with van der Waals surface area (Å²) in [4.78, 5) is 45.6. The molecule has 1 atom stereocenters. The first-order valence-corrected chi connectivity index (χ1v) is 13.9. The zero-order valence-corrected chi connectivity index (χ0v) is 22.9. The summed E-state index contributed by atoms with van der Waals surface area (Å²) in [7, 11) is 0. The van der Waals surface area contributed by atoms with E-state index in [1.165, 1.54) is 0 Å². The highest BCUT2D eigenvalue weighted by atomic mass is 16.2. The van der Waals surface area contributed by atoms with Crippen LogP contribution in [-0.2, 0) is 22.6 Å². The van der Waals surface area contributed by atoms with Crippen LogP contribution >= 0.6 is 0 Å². The van der Waals surface area contributed by atoms with Crippen molar-refractivity contribution in [2.75, 3.05) is 29.9 Å². The number of amides is 4. The molecule has 1 saturated heterocycles. The number of hydrogen-bond acceptors (Lipinski definition) is 4. The molecule has 204 valence electrons. The summed E-state index contributed by atoms with van der Waals surface area (Å²) in [5, 5.41) is 11.2. The number of aromatic nitrogens is 2. The highest BCUT2D eigenvalue weighted by Gasteiger charge is 2.38. The van der Waals surface area contributed by atoms with E-state index >= 15 is 0 Å². The molecular formula is C30H36N6O3. The molecule has 0 spiro atoms. The molecule has 1 aromatic heterocycles. The maximum atomic E-state index is 13.7. The van der Waals surface area contributed by atoms with Crippen molar-refractivity contribution in [1.29, 1.82) is 0 Å². The lowest BCUT2D eigenvalue weighted by Gasteiger charge is -2.41. The fourth-order valence-electron chi connectivity index (χ4n) is 6.21. The molecule has 9 heteroatoms. The second kappa shape index (κ2) is 9.70. The highest BCUT2D eigenvalue weighted by Crippen LogP contribution is 2.37. The summed E-state index contributed by atoms with van der Waals surface area (Å²) in [5.74, 6) is -0.357. The molecule has 9 nitrogen and oxygen atoms in total. The van der Waals surface area contributed by atoms with Crippen molar-refractivity contribution in [3.05, 3.63) is 53.7 Å². The molecule has 39 heavy (non-hydrogen) atoms. The summed E-state index contributed by atoms with van der Waals surface area (Å²) in [6.45, 7) is 8.71. The minimum Gasteiger partial charge on any atom is -0.343 e. The van der Waals surface area contributed by atoms with Crippen LogP contribution in [-0.4, -0.2) is 63.5 Å². The molecule has 0 aliphatic carbocycles. The Hall–Kier alpha value is -3.88. The Labute approximate surface area is 228 Å². The normalized spacial score (nSPS) is 20.2. The van der Waals surface area contributed by atoms with Gasteiger partial charge in [0.05, 0.1) is 17.6 Å². The van der Waals surface area contributed by atoms with Crippen LogP contribution < -0.4 is 10.2 Å². The lowest BCUT2D eigenvalue weighted by Crippen LogP contribution is -2.52. The van der Waals surface area contributed by atoms with Crippen molar-refractivity contribution in [3.8, 4) is 0 Å². The topological polar surface area (TPSA) is 102 Å². The van der Waals surface area contributed by atoms with E-state index in [2.05, 4.69) is 42.4 Å². The van der Waals surface area contributed by atoms with Gasteiger partial charge in [-0.2, -0.15) is 5.10 Å². The number of carbonyl (C=O) groups excluding carboxylic acids is 3. The third-order valence-corrected chi connectivity index (χ3v) is 8.18. The highest BCUT2D eigenvalue weighted by molar-refractivity contribution is 6.02. The average molecular weight is 529 g/mol. The maximum absolute atomic E-state index is 13.7. The third-order valence-electron chi connectivity index (χ3n) is 8.18. The summed E-state index contributed by atoms with van der Waals surface area (Å²) in [6, 6.07) is 12.0. The molecule has 1 fully saturated rings. The van der Waals surface area contributed by atoms with Crippen molar-refractivity contribution < 1.29 is 14.4 Å². The van der Waals surface area contributed by atoms with E-state index in [1.54, 1.807) is 6.20 Å². The number of nitrogens with one attached hydrogen (secondary N) is 2. The van der Waals surface area contributed by atoms with Gasteiger partial charge in [-0.05, 0) is 54.0 Å². The average Bonchev–Trinajstić information content (AvgIpc) is 3.36. The van der Waals surface area contributed by atoms with Gasteiger partial charge in [-0.25, -0.2) is 4.79 Å². The first-order valence-electron chi connectivity index (χ1n) is 13.9. The number of aromatic amines is 1. The number of anilines is 2. The van der Waals surface area contributed by atoms with Crippen LogP contribution in [0.5, 0.6) is 0 Å². The number of rotatable bonds is 4. The fourth-order valence-corrected chi connectivity index (χ4v) is 6.21. The summed E-state index contributed by atoms with van der Waals surface area (Å²) in [5.41, 5.74) is 4.83. The molecule has 4 heterocycles. The van der Waals surface area contributed by atoms with Crippen LogP contribution in [0.15, 0.2) is 42.6 Å². The number of H-pyrrole nitrogens is 1. The van der Waals surface area contributed by atoms with E-state index in [0.29, 0.717) is 32.6 Å². The fraction of sp³-hybridized carbons (Fsp3) is 0.467. The second-order valence-corrected chi connectivity index (χ2v) is 12.4. The Morgan fingerprint density at radius 1 is 1.08 bits per heavy atom. The lowest BCUT2D eigenvalue weighted by atomic mass is 9.86. The predicted octanol–water partition coefficient (Wildman–Crippen LogP) is 4.54. The van der Waals surface area contributed by atoms with Crippen LogP contribution in [0, 0.1) is 11.3 Å². The van der Waals surface area contributed by atoms with E-state index in [9.17, 15) is 14.4 Å². The van der Waals surface area contributed by atoms with E-state index in [1.807, 2.05) is 45.0 Å². The van der Waals surface area contributed by atoms with Crippen LogP contribution in [0.3, 0.4) is 0 Å². The van der Waals surface area contributed by atoms with Gasteiger partial charge in [0.1, 0.15) is 0 Å². The third kappa shape index (κ3) is 4.97. The lowest BCUT2D eigenvalue weighted by molar-refractivity contribution is -0.137. The number of nitrogens with zero attached hydrogens (tertiary/aromatic N) is 4. The summed E-state index contributed by atoms with van der Waals surface area (Å²) >= 11 is 0.